The number of benzene rings is 1. The van der Waals surface area contributed by atoms with Crippen molar-refractivity contribution in [2.75, 3.05) is 26.7 Å². The van der Waals surface area contributed by atoms with E-state index in [2.05, 4.69) is 24.8 Å². The van der Waals surface area contributed by atoms with E-state index in [0.717, 1.165) is 54.5 Å². The van der Waals surface area contributed by atoms with Crippen LogP contribution in [0.4, 0.5) is 0 Å². The maximum Gasteiger partial charge on any atom is 0.246 e. The lowest BCUT2D eigenvalue weighted by Crippen LogP contribution is -2.78. The number of aliphatic hydroxyl groups is 1. The normalized spacial score (nSPS) is 32.8. The van der Waals surface area contributed by atoms with E-state index in [1.54, 1.807) is 25.7 Å². The number of nitrogens with zero attached hydrogens (tertiary/aromatic N) is 2. The van der Waals surface area contributed by atoms with E-state index in [9.17, 15) is 9.90 Å². The van der Waals surface area contributed by atoms with Crippen molar-refractivity contribution >= 4 is 12.0 Å². The fourth-order valence-corrected chi connectivity index (χ4v) is 8.34. The number of hydrogen-bond donors (Lipinski definition) is 1. The Morgan fingerprint density at radius 1 is 1.26 bits per heavy atom. The summed E-state index contributed by atoms with van der Waals surface area (Å²) in [5, 5.41) is 12.8. The van der Waals surface area contributed by atoms with E-state index in [0.29, 0.717) is 25.3 Å². The maximum atomic E-state index is 13.8. The molecule has 1 spiro atoms. The fourth-order valence-electron chi connectivity index (χ4n) is 8.34. The first-order valence-electron chi connectivity index (χ1n) is 14.7. The number of ether oxygens (including phenoxy) is 2. The number of rotatable bonds is 8. The van der Waals surface area contributed by atoms with Crippen LogP contribution in [0.5, 0.6) is 11.5 Å². The molecular weight excluding hydrogens is 492 g/mol. The van der Waals surface area contributed by atoms with Gasteiger partial charge < -0.3 is 23.9 Å². The second kappa shape index (κ2) is 9.13. The Kier molecular flexibility index (Phi) is 5.90. The summed E-state index contributed by atoms with van der Waals surface area (Å²) < 4.78 is 17.9. The van der Waals surface area contributed by atoms with Gasteiger partial charge in [0.1, 0.15) is 6.10 Å². The highest BCUT2D eigenvalue weighted by Crippen LogP contribution is 2.66. The van der Waals surface area contributed by atoms with Gasteiger partial charge in [-0.3, -0.25) is 9.69 Å². The van der Waals surface area contributed by atoms with Crippen LogP contribution in [0.2, 0.25) is 0 Å². The van der Waals surface area contributed by atoms with Crippen LogP contribution in [0, 0.1) is 11.8 Å². The molecule has 5 aliphatic rings. The van der Waals surface area contributed by atoms with Gasteiger partial charge in [0.05, 0.1) is 36.7 Å². The molecule has 1 amide bonds. The number of methoxy groups -OCH3 is 1. The molecule has 2 saturated carbocycles. The van der Waals surface area contributed by atoms with Crippen molar-refractivity contribution in [3.63, 3.8) is 0 Å². The van der Waals surface area contributed by atoms with Crippen molar-refractivity contribution in [2.24, 2.45) is 11.8 Å². The lowest BCUT2D eigenvalue weighted by atomic mass is 9.48. The minimum atomic E-state index is -0.898. The van der Waals surface area contributed by atoms with Gasteiger partial charge in [0.15, 0.2) is 11.5 Å². The molecule has 2 aliphatic heterocycles. The number of likely N-dealkylation sites (tertiary alicyclic amines) is 1. The smallest absolute Gasteiger partial charge is 0.246 e. The highest BCUT2D eigenvalue weighted by Gasteiger charge is 2.73. The van der Waals surface area contributed by atoms with E-state index < -0.39 is 11.0 Å². The van der Waals surface area contributed by atoms with Crippen molar-refractivity contribution in [2.45, 2.75) is 81.6 Å². The van der Waals surface area contributed by atoms with Crippen LogP contribution in [0.25, 0.3) is 6.08 Å². The number of carbonyl (C=O) groups excluding carboxylic acids is 1. The molecule has 0 radical (unpaired) electrons. The lowest BCUT2D eigenvalue weighted by molar-refractivity contribution is -0.201. The highest BCUT2D eigenvalue weighted by atomic mass is 16.5. The van der Waals surface area contributed by atoms with Crippen LogP contribution in [0.3, 0.4) is 0 Å². The lowest BCUT2D eigenvalue weighted by Gasteiger charge is -2.65. The number of hydrogen-bond acceptors (Lipinski definition) is 6. The molecule has 39 heavy (non-hydrogen) atoms. The van der Waals surface area contributed by atoms with Gasteiger partial charge >= 0.3 is 0 Å². The van der Waals surface area contributed by atoms with Gasteiger partial charge in [-0.05, 0) is 80.7 Å². The van der Waals surface area contributed by atoms with Gasteiger partial charge in [0.2, 0.25) is 5.91 Å². The minimum absolute atomic E-state index is 0.0259. The average molecular weight is 533 g/mol. The second-order valence-corrected chi connectivity index (χ2v) is 12.9. The highest BCUT2D eigenvalue weighted by molar-refractivity contribution is 5.92. The summed E-state index contributed by atoms with van der Waals surface area (Å²) in [4.78, 5) is 18.4. The summed E-state index contributed by atoms with van der Waals surface area (Å²) in [6.45, 7) is 6.95. The Bertz CT molecular complexity index is 1280. The minimum Gasteiger partial charge on any atom is -0.493 e. The second-order valence-electron chi connectivity index (χ2n) is 12.9. The predicted octanol–water partition coefficient (Wildman–Crippen LogP) is 4.42. The van der Waals surface area contributed by atoms with Gasteiger partial charge in [-0.25, -0.2) is 0 Å². The van der Waals surface area contributed by atoms with Gasteiger partial charge in [0.25, 0.3) is 0 Å². The molecule has 1 saturated heterocycles. The van der Waals surface area contributed by atoms with Crippen molar-refractivity contribution in [3.05, 3.63) is 53.5 Å². The van der Waals surface area contributed by atoms with E-state index in [4.69, 9.17) is 13.9 Å². The largest absolute Gasteiger partial charge is 0.493 e. The Morgan fingerprint density at radius 3 is 2.82 bits per heavy atom. The molecule has 3 heterocycles. The quantitative estimate of drug-likeness (QED) is 0.508. The molecule has 1 aromatic carbocycles. The molecule has 2 aromatic rings. The Hall–Kier alpha value is -2.77. The molecule has 7 heteroatoms. The summed E-state index contributed by atoms with van der Waals surface area (Å²) >= 11 is 0. The van der Waals surface area contributed by atoms with E-state index in [1.165, 1.54) is 18.4 Å². The van der Waals surface area contributed by atoms with E-state index in [1.807, 2.05) is 23.1 Å². The Labute approximate surface area is 230 Å². The van der Waals surface area contributed by atoms with Crippen LogP contribution in [0.15, 0.2) is 41.2 Å². The van der Waals surface area contributed by atoms with E-state index in [-0.39, 0.29) is 24.1 Å². The number of amides is 1. The summed E-state index contributed by atoms with van der Waals surface area (Å²) in [5.41, 5.74) is 1.83. The first-order valence-corrected chi connectivity index (χ1v) is 14.7. The Balaban J connectivity index is 1.31. The van der Waals surface area contributed by atoms with Gasteiger partial charge in [-0.15, -0.1) is 0 Å². The number of carbonyl (C=O) groups is 1. The van der Waals surface area contributed by atoms with Crippen LogP contribution in [0.1, 0.15) is 62.6 Å². The number of piperidine rings is 1. The molecule has 208 valence electrons. The zero-order chi connectivity index (χ0) is 26.9. The molecular formula is C32H40N2O5. The molecule has 0 unspecified atom stereocenters. The van der Waals surface area contributed by atoms with Crippen molar-refractivity contribution in [1.29, 1.82) is 0 Å². The summed E-state index contributed by atoms with van der Waals surface area (Å²) in [6, 6.07) is 5.98. The molecule has 5 atom stereocenters. The molecule has 2 bridgehead atoms. The van der Waals surface area contributed by atoms with E-state index >= 15 is 0 Å². The van der Waals surface area contributed by atoms with Gasteiger partial charge in [-0.2, -0.15) is 0 Å². The first-order chi connectivity index (χ1) is 18.9. The topological polar surface area (TPSA) is 75.4 Å². The molecule has 1 N–H and O–H groups in total. The first kappa shape index (κ1) is 25.2. The molecule has 3 aliphatic carbocycles. The third-order valence-corrected chi connectivity index (χ3v) is 10.1. The monoisotopic (exact) mass is 532 g/mol. The maximum absolute atomic E-state index is 13.8. The summed E-state index contributed by atoms with van der Waals surface area (Å²) in [7, 11) is 1.68. The molecule has 3 fully saturated rings. The predicted molar refractivity (Wildman–Crippen MR) is 148 cm³/mol. The third-order valence-electron chi connectivity index (χ3n) is 10.1. The Morgan fingerprint density at radius 2 is 2.10 bits per heavy atom. The van der Waals surface area contributed by atoms with Crippen molar-refractivity contribution in [3.8, 4) is 11.5 Å². The SMILES string of the molecule is COc1ccc2c3c1O[C@H]1[C@@H](N(CC(C)C)C(=O)/C=C/c4ccoc4)CC[C@@]4(O)[C@@H](C2)N(CC2CC2)CC[C@]314. The van der Waals surface area contributed by atoms with Crippen molar-refractivity contribution < 1.29 is 23.8 Å². The standard InChI is InChI=1S/C32H40N2O5/c1-20(2)17-34(27(35)9-6-22-11-15-38-19-22)24-10-12-32(36)26-16-23-7-8-25(37-3)29-28(23)31(32,30(24)39-29)13-14-33(26)18-21-4-5-21/h6-9,11,15,19-21,24,26,30,36H,4-5,10,12-14,16-18H2,1-3H3/b9-6+/t24-,26+,30-,31-,32+/m0/s1. The van der Waals surface area contributed by atoms with Crippen LogP contribution in [-0.4, -0.2) is 71.3 Å². The zero-order valence-corrected chi connectivity index (χ0v) is 23.3. The van der Waals surface area contributed by atoms with Crippen molar-refractivity contribution in [1.82, 2.24) is 9.80 Å². The number of furan rings is 1. The van der Waals surface area contributed by atoms with Crippen LogP contribution < -0.4 is 9.47 Å². The zero-order valence-electron chi connectivity index (χ0n) is 23.3. The third kappa shape index (κ3) is 3.72. The van der Waals surface area contributed by atoms with Gasteiger partial charge in [0, 0.05) is 36.3 Å². The average Bonchev–Trinajstić information content (AvgIpc) is 3.43. The fraction of sp³-hybridized carbons (Fsp3) is 0.594. The molecule has 1 aromatic heterocycles. The van der Waals surface area contributed by atoms with Crippen LogP contribution >= 0.6 is 0 Å². The molecule has 7 nitrogen and oxygen atoms in total. The van der Waals surface area contributed by atoms with Crippen LogP contribution in [-0.2, 0) is 16.6 Å². The van der Waals surface area contributed by atoms with Gasteiger partial charge in [-0.1, -0.05) is 19.9 Å². The summed E-state index contributed by atoms with van der Waals surface area (Å²) in [5.74, 6) is 2.54. The summed E-state index contributed by atoms with van der Waals surface area (Å²) in [6.07, 6.45) is 12.0. The molecule has 7 rings (SSSR count).